The molecule has 2 heterocycles. The summed E-state index contributed by atoms with van der Waals surface area (Å²) in [5.41, 5.74) is 0. The molecule has 0 aromatic rings. The molecule has 2 aliphatic rings. The van der Waals surface area contributed by atoms with Crippen LogP contribution in [0.5, 0.6) is 0 Å². The molecule has 0 aromatic carbocycles. The highest BCUT2D eigenvalue weighted by atomic mass is 28.1. The number of hydrogen-bond donors (Lipinski definition) is 0. The van der Waals surface area contributed by atoms with E-state index in [1.54, 1.807) is 0 Å². The summed E-state index contributed by atoms with van der Waals surface area (Å²) in [5, 5.41) is 0. The fraction of sp³-hybridized carbons (Fsp3) is 0.900. The molecule has 0 saturated carbocycles. The van der Waals surface area contributed by atoms with Crippen molar-refractivity contribution in [3.63, 3.8) is 0 Å². The van der Waals surface area contributed by atoms with Gasteiger partial charge >= 0.3 is 0 Å². The van der Waals surface area contributed by atoms with Gasteiger partial charge < -0.3 is 9.80 Å². The molecule has 0 unspecified atom stereocenters. The molecule has 0 bridgehead atoms. The minimum Gasteiger partial charge on any atom is -0.343 e. The summed E-state index contributed by atoms with van der Waals surface area (Å²) in [6, 6.07) is 1.09. The lowest BCUT2D eigenvalue weighted by atomic mass is 10.2. The fourth-order valence-electron chi connectivity index (χ4n) is 2.19. The normalized spacial score (nSPS) is 21.9. The number of nitrogens with zero attached hydrogens (tertiary/aromatic N) is 3. The highest BCUT2D eigenvalue weighted by molar-refractivity contribution is 6.08. The van der Waals surface area contributed by atoms with Gasteiger partial charge in [0.05, 0.1) is 0 Å². The number of fused-ring (bicyclic) bond motifs is 1. The third kappa shape index (κ3) is 2.11. The van der Waals surface area contributed by atoms with Gasteiger partial charge in [-0.3, -0.25) is 4.99 Å². The molecule has 0 amide bonds. The third-order valence-electron chi connectivity index (χ3n) is 2.87. The topological polar surface area (TPSA) is 18.8 Å². The van der Waals surface area contributed by atoms with Gasteiger partial charge in [-0.1, -0.05) is 6.04 Å². The first-order chi connectivity index (χ1) is 6.92. The van der Waals surface area contributed by atoms with Crippen LogP contribution in [0.4, 0.5) is 0 Å². The highest BCUT2D eigenvalue weighted by Crippen LogP contribution is 2.14. The Morgan fingerprint density at radius 2 is 2.07 bits per heavy atom. The molecule has 0 aromatic heterocycles. The molecular weight excluding hydrogens is 190 g/mol. The SMILES string of the molecule is [Si]CCCN1CCCN2CCCN=C12. The van der Waals surface area contributed by atoms with Gasteiger partial charge in [-0.25, -0.2) is 0 Å². The number of aliphatic imine (C=N–C) groups is 1. The molecule has 1 fully saturated rings. The van der Waals surface area contributed by atoms with Crippen molar-refractivity contribution >= 4 is 16.2 Å². The van der Waals surface area contributed by atoms with E-state index in [0.717, 1.165) is 19.1 Å². The molecule has 0 spiro atoms. The van der Waals surface area contributed by atoms with E-state index in [0.29, 0.717) is 0 Å². The molecular formula is C10H18N3Si. The Hall–Kier alpha value is -0.513. The predicted octanol–water partition coefficient (Wildman–Crippen LogP) is 0.731. The van der Waals surface area contributed by atoms with Crippen LogP contribution in [-0.4, -0.2) is 58.7 Å². The summed E-state index contributed by atoms with van der Waals surface area (Å²) in [7, 11) is 3.53. The molecule has 0 atom stereocenters. The molecule has 3 radical (unpaired) electrons. The maximum absolute atomic E-state index is 4.64. The van der Waals surface area contributed by atoms with E-state index < -0.39 is 0 Å². The second-order valence-electron chi connectivity index (χ2n) is 3.97. The maximum atomic E-state index is 4.64. The van der Waals surface area contributed by atoms with Gasteiger partial charge in [0, 0.05) is 43.0 Å². The van der Waals surface area contributed by atoms with Crippen LogP contribution in [0.15, 0.2) is 4.99 Å². The van der Waals surface area contributed by atoms with Crippen LogP contribution in [0.1, 0.15) is 19.3 Å². The monoisotopic (exact) mass is 208 g/mol. The Kier molecular flexibility index (Phi) is 3.45. The van der Waals surface area contributed by atoms with Gasteiger partial charge in [-0.05, 0) is 19.3 Å². The van der Waals surface area contributed by atoms with E-state index in [2.05, 4.69) is 25.0 Å². The number of guanidine groups is 1. The van der Waals surface area contributed by atoms with Crippen LogP contribution in [0, 0.1) is 0 Å². The second kappa shape index (κ2) is 4.82. The lowest BCUT2D eigenvalue weighted by molar-refractivity contribution is 0.244. The van der Waals surface area contributed by atoms with E-state index in [9.17, 15) is 0 Å². The summed E-state index contributed by atoms with van der Waals surface area (Å²) in [6.07, 6.45) is 3.74. The van der Waals surface area contributed by atoms with Crippen molar-refractivity contribution in [2.75, 3.05) is 32.7 Å². The summed E-state index contributed by atoms with van der Waals surface area (Å²) in [6.45, 7) is 5.79. The lowest BCUT2D eigenvalue weighted by Crippen LogP contribution is -2.52. The van der Waals surface area contributed by atoms with Crippen molar-refractivity contribution in [1.29, 1.82) is 0 Å². The van der Waals surface area contributed by atoms with Gasteiger partial charge in [0.2, 0.25) is 0 Å². The van der Waals surface area contributed by atoms with E-state index in [4.69, 9.17) is 0 Å². The number of hydrogen-bond acceptors (Lipinski definition) is 3. The minimum atomic E-state index is 1.02. The first-order valence-electron chi connectivity index (χ1n) is 5.61. The van der Waals surface area contributed by atoms with Gasteiger partial charge in [-0.15, -0.1) is 0 Å². The van der Waals surface area contributed by atoms with Crippen LogP contribution >= 0.6 is 0 Å². The first-order valence-corrected chi connectivity index (χ1v) is 6.31. The zero-order chi connectivity index (χ0) is 9.80. The average Bonchev–Trinajstić information content (AvgIpc) is 2.26. The lowest BCUT2D eigenvalue weighted by Gasteiger charge is -2.41. The van der Waals surface area contributed by atoms with Crippen molar-refractivity contribution in [2.24, 2.45) is 4.99 Å². The zero-order valence-electron chi connectivity index (χ0n) is 8.71. The highest BCUT2D eigenvalue weighted by Gasteiger charge is 2.24. The Balaban J connectivity index is 1.97. The van der Waals surface area contributed by atoms with Gasteiger partial charge in [0.15, 0.2) is 5.96 Å². The largest absolute Gasteiger partial charge is 0.343 e. The molecule has 14 heavy (non-hydrogen) atoms. The van der Waals surface area contributed by atoms with Crippen LogP contribution < -0.4 is 0 Å². The van der Waals surface area contributed by atoms with Gasteiger partial charge in [0.25, 0.3) is 0 Å². The fourth-order valence-corrected chi connectivity index (χ4v) is 2.34. The first kappa shape index (κ1) is 10.0. The van der Waals surface area contributed by atoms with Crippen LogP contribution in [0.25, 0.3) is 0 Å². The van der Waals surface area contributed by atoms with E-state index in [1.165, 1.54) is 44.9 Å². The Morgan fingerprint density at radius 1 is 1.21 bits per heavy atom. The average molecular weight is 208 g/mol. The van der Waals surface area contributed by atoms with Crippen LogP contribution in [-0.2, 0) is 0 Å². The third-order valence-corrected chi connectivity index (χ3v) is 3.22. The van der Waals surface area contributed by atoms with Crippen molar-refractivity contribution in [3.05, 3.63) is 0 Å². The summed E-state index contributed by atoms with van der Waals surface area (Å²) in [4.78, 5) is 9.53. The Bertz CT molecular complexity index is 217. The molecule has 3 nitrogen and oxygen atoms in total. The molecule has 2 aliphatic heterocycles. The van der Waals surface area contributed by atoms with Crippen molar-refractivity contribution in [3.8, 4) is 0 Å². The van der Waals surface area contributed by atoms with Crippen molar-refractivity contribution in [2.45, 2.75) is 25.3 Å². The summed E-state index contributed by atoms with van der Waals surface area (Å²) >= 11 is 0. The quantitative estimate of drug-likeness (QED) is 0.637. The van der Waals surface area contributed by atoms with Crippen molar-refractivity contribution < 1.29 is 0 Å². The van der Waals surface area contributed by atoms with Crippen LogP contribution in [0.2, 0.25) is 6.04 Å². The summed E-state index contributed by atoms with van der Waals surface area (Å²) in [5.74, 6) is 1.27. The molecule has 4 heteroatoms. The van der Waals surface area contributed by atoms with Crippen molar-refractivity contribution in [1.82, 2.24) is 9.80 Å². The standard InChI is InChI=1S/C10H18N3Si/c14-9-3-8-13-7-2-6-12-5-1-4-11-10(12)13/h1-9H2. The molecule has 77 valence electrons. The molecule has 1 saturated heterocycles. The molecule has 2 rings (SSSR count). The minimum absolute atomic E-state index is 1.02. The van der Waals surface area contributed by atoms with Gasteiger partial charge in [-0.2, -0.15) is 0 Å². The number of rotatable bonds is 3. The van der Waals surface area contributed by atoms with E-state index in [1.807, 2.05) is 0 Å². The van der Waals surface area contributed by atoms with Gasteiger partial charge in [0.1, 0.15) is 0 Å². The van der Waals surface area contributed by atoms with E-state index in [-0.39, 0.29) is 0 Å². The zero-order valence-corrected chi connectivity index (χ0v) is 9.71. The maximum Gasteiger partial charge on any atom is 0.196 e. The van der Waals surface area contributed by atoms with E-state index >= 15 is 0 Å². The van der Waals surface area contributed by atoms with Crippen LogP contribution in [0.3, 0.4) is 0 Å². The smallest absolute Gasteiger partial charge is 0.196 e. The molecule has 0 N–H and O–H groups in total. The Labute approximate surface area is 89.6 Å². The Morgan fingerprint density at radius 3 is 2.93 bits per heavy atom. The summed E-state index contributed by atoms with van der Waals surface area (Å²) < 4.78 is 0. The molecule has 0 aliphatic carbocycles. The second-order valence-corrected chi connectivity index (χ2v) is 4.47. The predicted molar refractivity (Wildman–Crippen MR) is 59.9 cm³/mol.